The van der Waals surface area contributed by atoms with Gasteiger partial charge in [0.1, 0.15) is 0 Å². The lowest BCUT2D eigenvalue weighted by molar-refractivity contribution is 0.197. The Bertz CT molecular complexity index is 362. The minimum atomic E-state index is 0.593. The number of guanidine groups is 1. The molecule has 0 aromatic carbocycles. The summed E-state index contributed by atoms with van der Waals surface area (Å²) in [5.41, 5.74) is 3.69. The maximum Gasteiger partial charge on any atom is 0.205 e. The Labute approximate surface area is 107 Å². The van der Waals surface area contributed by atoms with E-state index in [1.54, 1.807) is 7.11 Å². The van der Waals surface area contributed by atoms with E-state index in [0.29, 0.717) is 25.7 Å². The van der Waals surface area contributed by atoms with Crippen molar-refractivity contribution in [3.8, 4) is 0 Å². The van der Waals surface area contributed by atoms with Crippen molar-refractivity contribution in [1.29, 1.82) is 0 Å². The van der Waals surface area contributed by atoms with E-state index in [9.17, 15) is 0 Å². The Morgan fingerprint density at radius 2 is 2.44 bits per heavy atom. The van der Waals surface area contributed by atoms with Crippen LogP contribution in [0.15, 0.2) is 17.4 Å². The summed E-state index contributed by atoms with van der Waals surface area (Å²) in [6, 6.07) is 0. The molecule has 0 unspecified atom stereocenters. The highest BCUT2D eigenvalue weighted by Crippen LogP contribution is 1.92. The van der Waals surface area contributed by atoms with Crippen molar-refractivity contribution in [2.24, 2.45) is 10.8 Å². The van der Waals surface area contributed by atoms with E-state index in [4.69, 9.17) is 10.6 Å². The van der Waals surface area contributed by atoms with Crippen LogP contribution < -0.4 is 16.6 Å². The van der Waals surface area contributed by atoms with Crippen LogP contribution in [0.4, 0.5) is 0 Å². The predicted molar refractivity (Wildman–Crippen MR) is 71.1 cm³/mol. The van der Waals surface area contributed by atoms with Gasteiger partial charge < -0.3 is 10.1 Å². The highest BCUT2D eigenvalue weighted by molar-refractivity contribution is 5.79. The molecule has 0 aliphatic rings. The van der Waals surface area contributed by atoms with Gasteiger partial charge in [-0.05, 0) is 18.9 Å². The van der Waals surface area contributed by atoms with Gasteiger partial charge >= 0.3 is 0 Å². The summed E-state index contributed by atoms with van der Waals surface area (Å²) in [5.74, 6) is 5.97. The second-order valence-corrected chi connectivity index (χ2v) is 3.93. The minimum absolute atomic E-state index is 0.593. The second kappa shape index (κ2) is 8.48. The quantitative estimate of drug-likeness (QED) is 0.203. The molecule has 0 spiro atoms. The van der Waals surface area contributed by atoms with Crippen molar-refractivity contribution in [3.05, 3.63) is 18.0 Å². The lowest BCUT2D eigenvalue weighted by Crippen LogP contribution is -2.42. The van der Waals surface area contributed by atoms with Gasteiger partial charge in [-0.25, -0.2) is 5.84 Å². The molecule has 7 heteroatoms. The number of rotatable bonds is 7. The van der Waals surface area contributed by atoms with Crippen molar-refractivity contribution in [2.45, 2.75) is 19.9 Å². The molecule has 0 amide bonds. The SMILES string of the molecule is COCCCN=C(NN)NCCn1cc(C)cn1. The number of ether oxygens (including phenoxy) is 1. The van der Waals surface area contributed by atoms with Crippen LogP contribution in [0.1, 0.15) is 12.0 Å². The van der Waals surface area contributed by atoms with Crippen LogP contribution in [0.3, 0.4) is 0 Å². The zero-order valence-corrected chi connectivity index (χ0v) is 11.0. The first-order chi connectivity index (χ1) is 8.76. The molecule has 0 saturated carbocycles. The van der Waals surface area contributed by atoms with Gasteiger partial charge in [0.15, 0.2) is 0 Å². The Hall–Kier alpha value is -1.60. The number of nitrogens with one attached hydrogen (secondary N) is 2. The van der Waals surface area contributed by atoms with Gasteiger partial charge in [0.25, 0.3) is 0 Å². The monoisotopic (exact) mass is 254 g/mol. The van der Waals surface area contributed by atoms with Gasteiger partial charge in [0, 0.05) is 33.0 Å². The molecular formula is C11H22N6O. The number of methoxy groups -OCH3 is 1. The molecule has 4 N–H and O–H groups in total. The lowest BCUT2D eigenvalue weighted by Gasteiger charge is -2.09. The molecule has 0 atom stereocenters. The molecule has 0 saturated heterocycles. The number of aromatic nitrogens is 2. The fourth-order valence-corrected chi connectivity index (χ4v) is 1.43. The number of aryl methyl sites for hydroxylation is 1. The molecule has 0 aliphatic heterocycles. The third-order valence-corrected chi connectivity index (χ3v) is 2.31. The van der Waals surface area contributed by atoms with Gasteiger partial charge in [0.2, 0.25) is 5.96 Å². The van der Waals surface area contributed by atoms with E-state index in [1.807, 2.05) is 24.0 Å². The molecule has 1 rings (SSSR count). The zero-order valence-electron chi connectivity index (χ0n) is 11.0. The molecule has 102 valence electrons. The lowest BCUT2D eigenvalue weighted by atomic mass is 10.4. The predicted octanol–water partition coefficient (Wildman–Crippen LogP) is -0.363. The summed E-state index contributed by atoms with van der Waals surface area (Å²) in [5, 5.41) is 7.31. The van der Waals surface area contributed by atoms with E-state index < -0.39 is 0 Å². The van der Waals surface area contributed by atoms with Gasteiger partial charge in [0.05, 0.1) is 12.7 Å². The molecule has 1 aromatic rings. The van der Waals surface area contributed by atoms with Crippen LogP contribution in [0.25, 0.3) is 0 Å². The minimum Gasteiger partial charge on any atom is -0.385 e. The topological polar surface area (TPSA) is 89.5 Å². The normalized spacial score (nSPS) is 11.6. The van der Waals surface area contributed by atoms with Crippen LogP contribution in [-0.2, 0) is 11.3 Å². The zero-order chi connectivity index (χ0) is 13.2. The Morgan fingerprint density at radius 1 is 1.61 bits per heavy atom. The molecule has 1 heterocycles. The number of nitrogens with zero attached hydrogens (tertiary/aromatic N) is 3. The molecular weight excluding hydrogens is 232 g/mol. The number of aliphatic imine (C=N–C) groups is 1. The van der Waals surface area contributed by atoms with Crippen LogP contribution >= 0.6 is 0 Å². The van der Waals surface area contributed by atoms with Crippen molar-refractivity contribution < 1.29 is 4.74 Å². The van der Waals surface area contributed by atoms with Gasteiger partial charge in [-0.2, -0.15) is 5.10 Å². The van der Waals surface area contributed by atoms with E-state index in [0.717, 1.165) is 18.5 Å². The average Bonchev–Trinajstić information content (AvgIpc) is 2.78. The smallest absolute Gasteiger partial charge is 0.205 e. The molecule has 0 fully saturated rings. The Morgan fingerprint density at radius 3 is 3.06 bits per heavy atom. The summed E-state index contributed by atoms with van der Waals surface area (Å²) >= 11 is 0. The number of hydrogen-bond acceptors (Lipinski definition) is 4. The van der Waals surface area contributed by atoms with Crippen molar-refractivity contribution in [3.63, 3.8) is 0 Å². The Kier molecular flexibility index (Phi) is 6.82. The van der Waals surface area contributed by atoms with Crippen LogP contribution in [0, 0.1) is 6.92 Å². The van der Waals surface area contributed by atoms with Gasteiger partial charge in [-0.15, -0.1) is 0 Å². The third-order valence-electron chi connectivity index (χ3n) is 2.31. The summed E-state index contributed by atoms with van der Waals surface area (Å²) < 4.78 is 6.82. The molecule has 0 radical (unpaired) electrons. The fraction of sp³-hybridized carbons (Fsp3) is 0.636. The molecule has 1 aromatic heterocycles. The number of hydrogen-bond donors (Lipinski definition) is 3. The highest BCUT2D eigenvalue weighted by atomic mass is 16.5. The average molecular weight is 254 g/mol. The summed E-state index contributed by atoms with van der Waals surface area (Å²) in [7, 11) is 1.68. The maximum absolute atomic E-state index is 5.37. The standard InChI is InChI=1S/C11H22N6O/c1-10-8-15-17(9-10)6-5-14-11(16-12)13-4-3-7-18-2/h8-9H,3-7,12H2,1-2H3,(H2,13,14,16). The molecule has 0 bridgehead atoms. The first-order valence-corrected chi connectivity index (χ1v) is 5.99. The first-order valence-electron chi connectivity index (χ1n) is 5.99. The number of hydrazine groups is 1. The maximum atomic E-state index is 5.37. The first kappa shape index (κ1) is 14.5. The van der Waals surface area contributed by atoms with Crippen molar-refractivity contribution in [2.75, 3.05) is 26.8 Å². The molecule has 18 heavy (non-hydrogen) atoms. The molecule has 0 aliphatic carbocycles. The van der Waals surface area contributed by atoms with Crippen LogP contribution in [0.2, 0.25) is 0 Å². The van der Waals surface area contributed by atoms with Crippen LogP contribution in [-0.4, -0.2) is 42.5 Å². The summed E-state index contributed by atoms with van der Waals surface area (Å²) in [6.07, 6.45) is 4.70. The summed E-state index contributed by atoms with van der Waals surface area (Å²) in [6.45, 7) is 4.89. The second-order valence-electron chi connectivity index (χ2n) is 3.93. The van der Waals surface area contributed by atoms with Crippen molar-refractivity contribution >= 4 is 5.96 Å². The van der Waals surface area contributed by atoms with E-state index in [-0.39, 0.29) is 0 Å². The third kappa shape index (κ3) is 5.65. The summed E-state index contributed by atoms with van der Waals surface area (Å²) in [4.78, 5) is 4.28. The van der Waals surface area contributed by atoms with Crippen LogP contribution in [0.5, 0.6) is 0 Å². The van der Waals surface area contributed by atoms with E-state index in [1.165, 1.54) is 0 Å². The number of nitrogens with two attached hydrogens (primary N) is 1. The van der Waals surface area contributed by atoms with Crippen molar-refractivity contribution in [1.82, 2.24) is 20.5 Å². The Balaban J connectivity index is 2.22. The molecule has 7 nitrogen and oxygen atoms in total. The fourth-order valence-electron chi connectivity index (χ4n) is 1.43. The van der Waals surface area contributed by atoms with Gasteiger partial charge in [-0.3, -0.25) is 15.1 Å². The van der Waals surface area contributed by atoms with E-state index >= 15 is 0 Å². The highest BCUT2D eigenvalue weighted by Gasteiger charge is 1.97. The van der Waals surface area contributed by atoms with E-state index in [2.05, 4.69) is 20.8 Å². The van der Waals surface area contributed by atoms with Gasteiger partial charge in [-0.1, -0.05) is 0 Å². The largest absolute Gasteiger partial charge is 0.385 e.